The highest BCUT2D eigenvalue weighted by Gasteiger charge is 2.50. The topological polar surface area (TPSA) is 71.5 Å². The van der Waals surface area contributed by atoms with E-state index >= 15 is 0 Å². The number of likely N-dealkylation sites (tertiary alicyclic amines) is 1. The molecule has 8 heteroatoms. The van der Waals surface area contributed by atoms with E-state index in [0.29, 0.717) is 18.1 Å². The zero-order chi connectivity index (χ0) is 21.6. The van der Waals surface area contributed by atoms with E-state index in [1.54, 1.807) is 11.1 Å². The van der Waals surface area contributed by atoms with Crippen LogP contribution in [0.25, 0.3) is 0 Å². The first-order valence-corrected chi connectivity index (χ1v) is 11.6. The molecule has 0 unspecified atom stereocenters. The van der Waals surface area contributed by atoms with E-state index in [-0.39, 0.29) is 22.3 Å². The maximum absolute atomic E-state index is 12.9. The van der Waals surface area contributed by atoms with Crippen LogP contribution in [0.3, 0.4) is 0 Å². The molecule has 1 aliphatic heterocycles. The Balaban J connectivity index is 1.82. The highest BCUT2D eigenvalue weighted by atomic mass is 35.5. The highest BCUT2D eigenvalue weighted by Crippen LogP contribution is 2.52. The number of carbonyl (C=O) groups is 1. The number of rotatable bonds is 2. The lowest BCUT2D eigenvalue weighted by atomic mass is 9.73. The molecule has 0 saturated carbocycles. The maximum atomic E-state index is 12.9. The van der Waals surface area contributed by atoms with Gasteiger partial charge in [0.25, 0.3) is 0 Å². The second-order valence-corrected chi connectivity index (χ2v) is 12.6. The smallest absolute Gasteiger partial charge is 0.410 e. The number of hydrogen-bond donors (Lipinski definition) is 1. The summed E-state index contributed by atoms with van der Waals surface area (Å²) in [5.74, 6) is 0. The standard InChI is InChI=1S/C21H32ClN3O3S/c1-19(2,3)28-18(26)25-9-7-21(8-10-25)12-16-15(11-14(22)13-23-16)17(21)24-29(27)20(4,5)6/h11,13,17,24H,7-10,12H2,1-6H3/t17-,29-/m1/s1. The van der Waals surface area contributed by atoms with Crippen LogP contribution in [-0.4, -0.2) is 43.6 Å². The number of ether oxygens (including phenoxy) is 1. The van der Waals surface area contributed by atoms with Crippen LogP contribution in [-0.2, 0) is 22.1 Å². The van der Waals surface area contributed by atoms with Crippen molar-refractivity contribution in [1.82, 2.24) is 14.6 Å². The quantitative estimate of drug-likeness (QED) is 0.738. The molecule has 162 valence electrons. The molecule has 1 N–H and O–H groups in total. The van der Waals surface area contributed by atoms with E-state index in [1.807, 2.05) is 47.6 Å². The predicted octanol–water partition coefficient (Wildman–Crippen LogP) is 4.40. The minimum absolute atomic E-state index is 0.107. The fourth-order valence-corrected chi connectivity index (χ4v) is 5.16. The number of pyridine rings is 1. The van der Waals surface area contributed by atoms with Crippen molar-refractivity contribution < 1.29 is 13.7 Å². The number of carbonyl (C=O) groups excluding carboxylic acids is 1. The molecule has 0 radical (unpaired) electrons. The van der Waals surface area contributed by atoms with E-state index in [0.717, 1.165) is 30.5 Å². The number of amides is 1. The summed E-state index contributed by atoms with van der Waals surface area (Å²) in [7, 11) is -1.23. The van der Waals surface area contributed by atoms with Gasteiger partial charge in [-0.05, 0) is 77.8 Å². The monoisotopic (exact) mass is 441 g/mol. The first-order chi connectivity index (χ1) is 13.3. The van der Waals surface area contributed by atoms with E-state index in [9.17, 15) is 9.00 Å². The summed E-state index contributed by atoms with van der Waals surface area (Å²) in [5.41, 5.74) is 1.38. The van der Waals surface area contributed by atoms with Gasteiger partial charge in [-0.3, -0.25) is 4.98 Å². The summed E-state index contributed by atoms with van der Waals surface area (Å²) in [6, 6.07) is 1.83. The highest BCUT2D eigenvalue weighted by molar-refractivity contribution is 7.84. The van der Waals surface area contributed by atoms with Crippen LogP contribution in [0.2, 0.25) is 5.02 Å². The molecule has 1 aromatic rings. The van der Waals surface area contributed by atoms with Crippen LogP contribution < -0.4 is 4.72 Å². The normalized spacial score (nSPS) is 22.4. The average Bonchev–Trinajstić information content (AvgIpc) is 2.86. The van der Waals surface area contributed by atoms with Crippen molar-refractivity contribution in [2.75, 3.05) is 13.1 Å². The van der Waals surface area contributed by atoms with Crippen LogP contribution >= 0.6 is 11.6 Å². The van der Waals surface area contributed by atoms with Gasteiger partial charge < -0.3 is 9.64 Å². The van der Waals surface area contributed by atoms with Crippen molar-refractivity contribution in [3.05, 3.63) is 28.5 Å². The number of aromatic nitrogens is 1. The van der Waals surface area contributed by atoms with Crippen molar-refractivity contribution in [3.63, 3.8) is 0 Å². The van der Waals surface area contributed by atoms with Crippen molar-refractivity contribution in [2.24, 2.45) is 5.41 Å². The van der Waals surface area contributed by atoms with Crippen molar-refractivity contribution in [3.8, 4) is 0 Å². The third-order valence-corrected chi connectivity index (χ3v) is 7.37. The zero-order valence-electron chi connectivity index (χ0n) is 18.2. The fourth-order valence-electron chi connectivity index (χ4n) is 4.05. The molecule has 2 heterocycles. The molecule has 1 amide bonds. The Hall–Kier alpha value is -1.18. The van der Waals surface area contributed by atoms with Gasteiger partial charge in [0.2, 0.25) is 0 Å². The van der Waals surface area contributed by atoms with Gasteiger partial charge in [-0.15, -0.1) is 0 Å². The summed E-state index contributed by atoms with van der Waals surface area (Å²) < 4.78 is 21.5. The molecule has 1 aliphatic carbocycles. The Kier molecular flexibility index (Phi) is 6.07. The van der Waals surface area contributed by atoms with Gasteiger partial charge in [0.05, 0.1) is 26.8 Å². The van der Waals surface area contributed by atoms with Crippen molar-refractivity contribution >= 4 is 28.7 Å². The molecular weight excluding hydrogens is 410 g/mol. The molecule has 1 fully saturated rings. The SMILES string of the molecule is CC(C)(C)OC(=O)N1CCC2(CC1)Cc1ncc(Cl)cc1[C@H]2N[S@](=O)C(C)(C)C. The second kappa shape index (κ2) is 7.82. The molecule has 2 aliphatic rings. The van der Waals surface area contributed by atoms with Crippen LogP contribution in [0.1, 0.15) is 71.7 Å². The Morgan fingerprint density at radius 1 is 1.28 bits per heavy atom. The minimum atomic E-state index is -1.23. The summed E-state index contributed by atoms with van der Waals surface area (Å²) in [5, 5.41) is 0.584. The molecule has 1 spiro atoms. The minimum Gasteiger partial charge on any atom is -0.444 e. The fraction of sp³-hybridized carbons (Fsp3) is 0.714. The van der Waals surface area contributed by atoms with Gasteiger partial charge in [-0.2, -0.15) is 0 Å². The Bertz CT molecular complexity index is 808. The second-order valence-electron chi connectivity index (χ2n) is 10.1. The number of fused-ring (bicyclic) bond motifs is 1. The molecule has 3 rings (SSSR count). The number of nitrogens with zero attached hydrogens (tertiary/aromatic N) is 2. The molecule has 2 atom stereocenters. The lowest BCUT2D eigenvalue weighted by molar-refractivity contribution is 0.00719. The first kappa shape index (κ1) is 22.5. The molecule has 1 aromatic heterocycles. The predicted molar refractivity (Wildman–Crippen MR) is 116 cm³/mol. The molecule has 1 saturated heterocycles. The molecule has 0 bridgehead atoms. The number of halogens is 1. The first-order valence-electron chi connectivity index (χ1n) is 10.1. The lowest BCUT2D eigenvalue weighted by Gasteiger charge is -2.43. The summed E-state index contributed by atoms with van der Waals surface area (Å²) in [4.78, 5) is 18.8. The third-order valence-electron chi connectivity index (χ3n) is 5.61. The van der Waals surface area contributed by atoms with Crippen molar-refractivity contribution in [2.45, 2.75) is 77.2 Å². The Morgan fingerprint density at radius 2 is 1.90 bits per heavy atom. The van der Waals surface area contributed by atoms with Gasteiger partial charge in [0.15, 0.2) is 0 Å². The van der Waals surface area contributed by atoms with E-state index < -0.39 is 16.6 Å². The van der Waals surface area contributed by atoms with Crippen LogP contribution in [0.4, 0.5) is 4.79 Å². The number of piperidine rings is 1. The zero-order valence-corrected chi connectivity index (χ0v) is 19.7. The van der Waals surface area contributed by atoms with Gasteiger partial charge >= 0.3 is 6.09 Å². The van der Waals surface area contributed by atoms with Crippen LogP contribution in [0, 0.1) is 5.41 Å². The lowest BCUT2D eigenvalue weighted by Crippen LogP contribution is -2.49. The largest absolute Gasteiger partial charge is 0.444 e. The van der Waals surface area contributed by atoms with Crippen molar-refractivity contribution in [1.29, 1.82) is 0 Å². The van der Waals surface area contributed by atoms with Gasteiger partial charge in [0, 0.05) is 25.0 Å². The summed E-state index contributed by atoms with van der Waals surface area (Å²) >= 11 is 6.23. The van der Waals surface area contributed by atoms with Gasteiger partial charge in [0.1, 0.15) is 5.60 Å². The molecule has 0 aromatic carbocycles. The summed E-state index contributed by atoms with van der Waals surface area (Å²) in [6.07, 6.45) is 3.78. The summed E-state index contributed by atoms with van der Waals surface area (Å²) in [6.45, 7) is 12.7. The Labute approximate surface area is 181 Å². The van der Waals surface area contributed by atoms with Gasteiger partial charge in [-0.25, -0.2) is 13.7 Å². The number of nitrogens with one attached hydrogen (secondary N) is 1. The molecule has 29 heavy (non-hydrogen) atoms. The van der Waals surface area contributed by atoms with E-state index in [1.165, 1.54) is 0 Å². The average molecular weight is 442 g/mol. The van der Waals surface area contributed by atoms with E-state index in [2.05, 4.69) is 9.71 Å². The Morgan fingerprint density at radius 3 is 2.45 bits per heavy atom. The van der Waals surface area contributed by atoms with E-state index in [4.69, 9.17) is 16.3 Å². The van der Waals surface area contributed by atoms with Crippen LogP contribution in [0.15, 0.2) is 12.3 Å². The molecular formula is C21H32ClN3O3S. The maximum Gasteiger partial charge on any atom is 0.410 e. The third kappa shape index (κ3) is 4.94. The van der Waals surface area contributed by atoms with Gasteiger partial charge in [-0.1, -0.05) is 11.6 Å². The molecule has 6 nitrogen and oxygen atoms in total. The van der Waals surface area contributed by atoms with Crippen LogP contribution in [0.5, 0.6) is 0 Å². The number of hydrogen-bond acceptors (Lipinski definition) is 4.